The molecule has 1 fully saturated rings. The maximum Gasteiger partial charge on any atom is 0.243 e. The lowest BCUT2D eigenvalue weighted by Gasteiger charge is -2.26. The minimum absolute atomic E-state index is 0.00966. The number of sulfone groups is 1. The van der Waals surface area contributed by atoms with Crippen LogP contribution in [0, 0.1) is 6.92 Å². The van der Waals surface area contributed by atoms with Crippen molar-refractivity contribution in [1.82, 2.24) is 4.31 Å². The second-order valence-corrected chi connectivity index (χ2v) is 10.1. The first kappa shape index (κ1) is 17.2. The van der Waals surface area contributed by atoms with Gasteiger partial charge in [-0.05, 0) is 37.6 Å². The van der Waals surface area contributed by atoms with Crippen LogP contribution in [0.25, 0.3) is 0 Å². The summed E-state index contributed by atoms with van der Waals surface area (Å²) in [4.78, 5) is 0.156. The van der Waals surface area contributed by atoms with Gasteiger partial charge < -0.3 is 4.42 Å². The Balaban J connectivity index is 1.98. The van der Waals surface area contributed by atoms with E-state index in [1.54, 1.807) is 36.4 Å². The summed E-state index contributed by atoms with van der Waals surface area (Å²) in [6, 6.07) is 9.32. The largest absolute Gasteiger partial charge is 0.468 e. The fraction of sp³-hybridized carbons (Fsp3) is 0.375. The van der Waals surface area contributed by atoms with Crippen LogP contribution in [0.4, 0.5) is 0 Å². The highest BCUT2D eigenvalue weighted by Gasteiger charge is 2.39. The lowest BCUT2D eigenvalue weighted by molar-refractivity contribution is 0.307. The minimum Gasteiger partial charge on any atom is -0.468 e. The van der Waals surface area contributed by atoms with E-state index in [1.807, 2.05) is 6.92 Å². The van der Waals surface area contributed by atoms with Crippen molar-refractivity contribution in [2.24, 2.45) is 0 Å². The van der Waals surface area contributed by atoms with E-state index < -0.39 is 25.9 Å². The van der Waals surface area contributed by atoms with Gasteiger partial charge in [0.2, 0.25) is 10.0 Å². The molecule has 0 aliphatic carbocycles. The Morgan fingerprint density at radius 1 is 1.21 bits per heavy atom. The molecule has 24 heavy (non-hydrogen) atoms. The molecule has 1 aliphatic heterocycles. The minimum atomic E-state index is -3.82. The quantitative estimate of drug-likeness (QED) is 0.804. The van der Waals surface area contributed by atoms with E-state index in [0.717, 1.165) is 5.56 Å². The van der Waals surface area contributed by atoms with Crippen molar-refractivity contribution in [3.8, 4) is 0 Å². The Kier molecular flexibility index (Phi) is 4.54. The van der Waals surface area contributed by atoms with Gasteiger partial charge >= 0.3 is 0 Å². The van der Waals surface area contributed by atoms with Gasteiger partial charge in [0.05, 0.1) is 29.2 Å². The Morgan fingerprint density at radius 2 is 1.92 bits per heavy atom. The van der Waals surface area contributed by atoms with Crippen LogP contribution in [0.2, 0.25) is 0 Å². The van der Waals surface area contributed by atoms with Crippen LogP contribution in [-0.2, 0) is 26.4 Å². The second-order valence-electron chi connectivity index (χ2n) is 6.00. The smallest absolute Gasteiger partial charge is 0.243 e. The predicted molar refractivity (Wildman–Crippen MR) is 89.7 cm³/mol. The van der Waals surface area contributed by atoms with Crippen molar-refractivity contribution in [1.29, 1.82) is 0 Å². The van der Waals surface area contributed by atoms with Crippen LogP contribution in [0.3, 0.4) is 0 Å². The molecule has 0 saturated carbocycles. The summed E-state index contributed by atoms with van der Waals surface area (Å²) < 4.78 is 56.3. The molecule has 0 bridgehead atoms. The zero-order valence-electron chi connectivity index (χ0n) is 13.3. The standard InChI is InChI=1S/C16H19NO5S2/c1-13-4-6-16(7-5-13)24(20,21)17(11-15-3-2-9-22-15)14-8-10-23(18,19)12-14/h2-7,9,14H,8,10-12H2,1H3/t14-/m0/s1. The lowest BCUT2D eigenvalue weighted by Crippen LogP contribution is -2.40. The van der Waals surface area contributed by atoms with Gasteiger partial charge in [0, 0.05) is 6.04 Å². The summed E-state index contributed by atoms with van der Waals surface area (Å²) in [5.74, 6) is 0.337. The lowest BCUT2D eigenvalue weighted by atomic mass is 10.2. The SMILES string of the molecule is Cc1ccc(S(=O)(=O)N(Cc2ccco2)[C@H]2CCS(=O)(=O)C2)cc1. The fourth-order valence-electron chi connectivity index (χ4n) is 2.81. The van der Waals surface area contributed by atoms with E-state index in [2.05, 4.69) is 0 Å². The van der Waals surface area contributed by atoms with E-state index >= 15 is 0 Å². The van der Waals surface area contributed by atoms with Crippen LogP contribution in [0.15, 0.2) is 52.0 Å². The molecule has 2 aromatic rings. The molecule has 0 amide bonds. The summed E-state index contributed by atoms with van der Waals surface area (Å²) >= 11 is 0. The third kappa shape index (κ3) is 3.55. The van der Waals surface area contributed by atoms with Crippen LogP contribution >= 0.6 is 0 Å². The van der Waals surface area contributed by atoms with Crippen molar-refractivity contribution in [3.05, 3.63) is 54.0 Å². The molecule has 0 unspecified atom stereocenters. The van der Waals surface area contributed by atoms with Crippen LogP contribution < -0.4 is 0 Å². The summed E-state index contributed by atoms with van der Waals surface area (Å²) in [7, 11) is -7.02. The average molecular weight is 369 g/mol. The van der Waals surface area contributed by atoms with Gasteiger partial charge in [-0.25, -0.2) is 16.8 Å². The first-order chi connectivity index (χ1) is 11.3. The highest BCUT2D eigenvalue weighted by atomic mass is 32.2. The van der Waals surface area contributed by atoms with Gasteiger partial charge in [-0.1, -0.05) is 17.7 Å². The zero-order valence-corrected chi connectivity index (χ0v) is 14.9. The van der Waals surface area contributed by atoms with Crippen molar-refractivity contribution in [2.75, 3.05) is 11.5 Å². The van der Waals surface area contributed by atoms with Gasteiger partial charge in [0.15, 0.2) is 9.84 Å². The van der Waals surface area contributed by atoms with E-state index in [-0.39, 0.29) is 22.9 Å². The number of hydrogen-bond donors (Lipinski definition) is 0. The number of rotatable bonds is 5. The second kappa shape index (κ2) is 6.34. The summed E-state index contributed by atoms with van der Waals surface area (Å²) in [5.41, 5.74) is 0.954. The Morgan fingerprint density at radius 3 is 2.46 bits per heavy atom. The molecule has 1 saturated heterocycles. The monoisotopic (exact) mass is 369 g/mol. The van der Waals surface area contributed by atoms with E-state index in [1.165, 1.54) is 10.6 Å². The molecule has 0 N–H and O–H groups in total. The van der Waals surface area contributed by atoms with E-state index in [4.69, 9.17) is 4.42 Å². The molecular formula is C16H19NO5S2. The molecule has 1 aromatic heterocycles. The molecule has 1 aliphatic rings. The molecule has 0 radical (unpaired) electrons. The molecule has 8 heteroatoms. The topological polar surface area (TPSA) is 84.7 Å². The zero-order chi connectivity index (χ0) is 17.4. The highest BCUT2D eigenvalue weighted by Crippen LogP contribution is 2.27. The molecule has 6 nitrogen and oxygen atoms in total. The van der Waals surface area contributed by atoms with Crippen LogP contribution in [-0.4, -0.2) is 38.7 Å². The molecule has 130 valence electrons. The summed E-state index contributed by atoms with van der Waals surface area (Å²) in [6.45, 7) is 1.89. The molecule has 0 spiro atoms. The van der Waals surface area contributed by atoms with Gasteiger partial charge in [-0.3, -0.25) is 0 Å². The normalized spacial score (nSPS) is 20.5. The third-order valence-corrected chi connectivity index (χ3v) is 7.80. The highest BCUT2D eigenvalue weighted by molar-refractivity contribution is 7.92. The van der Waals surface area contributed by atoms with Crippen molar-refractivity contribution in [3.63, 3.8) is 0 Å². The molecule has 1 atom stereocenters. The van der Waals surface area contributed by atoms with Gasteiger partial charge in [-0.2, -0.15) is 4.31 Å². The van der Waals surface area contributed by atoms with E-state index in [0.29, 0.717) is 12.2 Å². The first-order valence-corrected chi connectivity index (χ1v) is 10.9. The average Bonchev–Trinajstić information content (AvgIpc) is 3.14. The Hall–Kier alpha value is -1.64. The van der Waals surface area contributed by atoms with Gasteiger partial charge in [-0.15, -0.1) is 0 Å². The van der Waals surface area contributed by atoms with Crippen molar-refractivity contribution < 1.29 is 21.3 Å². The van der Waals surface area contributed by atoms with Crippen LogP contribution in [0.1, 0.15) is 17.7 Å². The molecule has 1 aromatic carbocycles. The molecule has 3 rings (SSSR count). The number of hydrogen-bond acceptors (Lipinski definition) is 5. The maximum atomic E-state index is 13.1. The number of benzene rings is 1. The van der Waals surface area contributed by atoms with Crippen LogP contribution in [0.5, 0.6) is 0 Å². The molecule has 2 heterocycles. The first-order valence-electron chi connectivity index (χ1n) is 7.59. The van der Waals surface area contributed by atoms with Gasteiger partial charge in [0.25, 0.3) is 0 Å². The number of aryl methyl sites for hydroxylation is 1. The fourth-order valence-corrected chi connectivity index (χ4v) is 6.26. The van der Waals surface area contributed by atoms with Crippen molar-refractivity contribution >= 4 is 19.9 Å². The Labute approximate surface area is 142 Å². The summed E-state index contributed by atoms with van der Waals surface area (Å²) in [5, 5.41) is 0. The molecular weight excluding hydrogens is 350 g/mol. The third-order valence-electron chi connectivity index (χ3n) is 4.14. The predicted octanol–water partition coefficient (Wildman–Crippen LogP) is 1.97. The number of nitrogens with zero attached hydrogens (tertiary/aromatic N) is 1. The summed E-state index contributed by atoms with van der Waals surface area (Å²) in [6.07, 6.45) is 1.77. The van der Waals surface area contributed by atoms with E-state index in [9.17, 15) is 16.8 Å². The maximum absolute atomic E-state index is 13.1. The Bertz CT molecular complexity index is 900. The van der Waals surface area contributed by atoms with Gasteiger partial charge in [0.1, 0.15) is 5.76 Å². The number of sulfonamides is 1. The number of furan rings is 1. The van der Waals surface area contributed by atoms with Crippen molar-refractivity contribution in [2.45, 2.75) is 30.8 Å².